The number of halogens is 1. The van der Waals surface area contributed by atoms with Gasteiger partial charge in [0.25, 0.3) is 0 Å². The number of carbonyl (C=O) groups is 1. The van der Waals surface area contributed by atoms with Crippen molar-refractivity contribution in [2.75, 3.05) is 13.4 Å². The number of methoxy groups -OCH3 is 1. The van der Waals surface area contributed by atoms with Crippen LogP contribution in [0.1, 0.15) is 21.5 Å². The molecule has 0 heterocycles. The van der Waals surface area contributed by atoms with Crippen LogP contribution in [0.3, 0.4) is 0 Å². The van der Waals surface area contributed by atoms with Crippen LogP contribution in [0.25, 0.3) is 0 Å². The van der Waals surface area contributed by atoms with Crippen LogP contribution in [0.2, 0.25) is 0 Å². The fraction of sp³-hybridized carbons (Fsp3) is 0.235. The lowest BCUT2D eigenvalue weighted by Gasteiger charge is -2.07. The van der Waals surface area contributed by atoms with E-state index in [2.05, 4.69) is 0 Å². The van der Waals surface area contributed by atoms with E-state index in [-0.39, 0.29) is 18.1 Å². The molecule has 2 aromatic rings. The second kappa shape index (κ2) is 7.44. The molecule has 0 atom stereocenters. The van der Waals surface area contributed by atoms with Gasteiger partial charge in [-0.05, 0) is 35.4 Å². The summed E-state index contributed by atoms with van der Waals surface area (Å²) in [5, 5.41) is 0. The molecule has 0 radical (unpaired) electrons. The number of ether oxygens (including phenoxy) is 2. The SMILES string of the molecule is COc1ccc(COC(=O)c2ccc(CS(C)(=O)=O)cc2)cc1F. The topological polar surface area (TPSA) is 69.7 Å². The zero-order valence-electron chi connectivity index (χ0n) is 13.3. The van der Waals surface area contributed by atoms with Crippen molar-refractivity contribution in [1.82, 2.24) is 0 Å². The lowest BCUT2D eigenvalue weighted by molar-refractivity contribution is 0.0472. The van der Waals surface area contributed by atoms with Crippen LogP contribution in [-0.2, 0) is 26.9 Å². The second-order valence-corrected chi connectivity index (χ2v) is 7.45. The van der Waals surface area contributed by atoms with Crippen LogP contribution in [0.15, 0.2) is 42.5 Å². The number of sulfone groups is 1. The van der Waals surface area contributed by atoms with Gasteiger partial charge in [-0.1, -0.05) is 18.2 Å². The molecule has 0 unspecified atom stereocenters. The summed E-state index contributed by atoms with van der Waals surface area (Å²) in [7, 11) is -1.76. The van der Waals surface area contributed by atoms with Crippen LogP contribution in [0, 0.1) is 5.82 Å². The number of benzene rings is 2. The maximum atomic E-state index is 13.6. The first-order chi connectivity index (χ1) is 11.3. The number of carbonyl (C=O) groups excluding carboxylic acids is 1. The molecule has 5 nitrogen and oxygen atoms in total. The van der Waals surface area contributed by atoms with Crippen LogP contribution < -0.4 is 4.74 Å². The number of esters is 1. The minimum Gasteiger partial charge on any atom is -0.494 e. The molecule has 2 aromatic carbocycles. The Morgan fingerprint density at radius 3 is 2.25 bits per heavy atom. The van der Waals surface area contributed by atoms with Gasteiger partial charge in [-0.25, -0.2) is 17.6 Å². The van der Waals surface area contributed by atoms with Crippen molar-refractivity contribution in [3.8, 4) is 5.75 Å². The van der Waals surface area contributed by atoms with E-state index in [4.69, 9.17) is 9.47 Å². The highest BCUT2D eigenvalue weighted by Crippen LogP contribution is 2.18. The molecule has 2 rings (SSSR count). The molecule has 0 amide bonds. The summed E-state index contributed by atoms with van der Waals surface area (Å²) < 4.78 is 45.9. The first-order valence-electron chi connectivity index (χ1n) is 7.05. The van der Waals surface area contributed by atoms with E-state index >= 15 is 0 Å². The van der Waals surface area contributed by atoms with E-state index < -0.39 is 21.6 Å². The third-order valence-corrected chi connectivity index (χ3v) is 4.06. The van der Waals surface area contributed by atoms with E-state index in [1.165, 1.54) is 31.4 Å². The number of hydrogen-bond acceptors (Lipinski definition) is 5. The van der Waals surface area contributed by atoms with Crippen molar-refractivity contribution in [1.29, 1.82) is 0 Å². The van der Waals surface area contributed by atoms with Crippen molar-refractivity contribution >= 4 is 15.8 Å². The second-order valence-electron chi connectivity index (χ2n) is 5.31. The van der Waals surface area contributed by atoms with Crippen LogP contribution >= 0.6 is 0 Å². The molecular weight excluding hydrogens is 335 g/mol. The van der Waals surface area contributed by atoms with Gasteiger partial charge in [0.15, 0.2) is 21.4 Å². The van der Waals surface area contributed by atoms with E-state index in [0.29, 0.717) is 16.7 Å². The Morgan fingerprint density at radius 1 is 1.08 bits per heavy atom. The van der Waals surface area contributed by atoms with Crippen molar-refractivity contribution in [3.05, 3.63) is 65.0 Å². The molecule has 0 bridgehead atoms. The van der Waals surface area contributed by atoms with Gasteiger partial charge in [-0.2, -0.15) is 0 Å². The number of rotatable bonds is 6. The first-order valence-corrected chi connectivity index (χ1v) is 9.11. The number of hydrogen-bond donors (Lipinski definition) is 0. The molecular formula is C17H17FO5S. The third kappa shape index (κ3) is 5.06. The summed E-state index contributed by atoms with van der Waals surface area (Å²) in [5.74, 6) is -1.08. The molecule has 24 heavy (non-hydrogen) atoms. The molecule has 0 spiro atoms. The average Bonchev–Trinajstić information content (AvgIpc) is 2.52. The summed E-state index contributed by atoms with van der Waals surface area (Å²) in [6.07, 6.45) is 1.14. The predicted octanol–water partition coefficient (Wildman–Crippen LogP) is 2.74. The molecule has 0 saturated carbocycles. The Balaban J connectivity index is 1.98. The Hall–Kier alpha value is -2.41. The molecule has 7 heteroatoms. The smallest absolute Gasteiger partial charge is 0.338 e. The van der Waals surface area contributed by atoms with Crippen LogP contribution in [0.5, 0.6) is 5.75 Å². The summed E-state index contributed by atoms with van der Waals surface area (Å²) >= 11 is 0. The van der Waals surface area contributed by atoms with Crippen molar-refractivity contribution in [3.63, 3.8) is 0 Å². The summed E-state index contributed by atoms with van der Waals surface area (Å²) in [5.41, 5.74) is 1.38. The lowest BCUT2D eigenvalue weighted by Crippen LogP contribution is -2.06. The minimum absolute atomic E-state index is 0.0785. The van der Waals surface area contributed by atoms with Gasteiger partial charge in [0.2, 0.25) is 0 Å². The predicted molar refractivity (Wildman–Crippen MR) is 87.1 cm³/mol. The Bertz CT molecular complexity index is 829. The Labute approximate surface area is 139 Å². The molecule has 0 aromatic heterocycles. The van der Waals surface area contributed by atoms with E-state index in [9.17, 15) is 17.6 Å². The Morgan fingerprint density at radius 2 is 1.71 bits per heavy atom. The standard InChI is InChI=1S/C17H17FO5S/c1-22-16-8-5-13(9-15(16)18)10-23-17(19)14-6-3-12(4-7-14)11-24(2,20)21/h3-9H,10-11H2,1-2H3. The fourth-order valence-electron chi connectivity index (χ4n) is 2.07. The van der Waals surface area contributed by atoms with E-state index in [1.807, 2.05) is 0 Å². The zero-order valence-corrected chi connectivity index (χ0v) is 14.1. The largest absolute Gasteiger partial charge is 0.494 e. The van der Waals surface area contributed by atoms with E-state index in [0.717, 1.165) is 6.26 Å². The normalized spacial score (nSPS) is 11.1. The van der Waals surface area contributed by atoms with E-state index in [1.54, 1.807) is 18.2 Å². The average molecular weight is 352 g/mol. The maximum absolute atomic E-state index is 13.6. The molecule has 0 aliphatic rings. The highest BCUT2D eigenvalue weighted by Gasteiger charge is 2.10. The Kier molecular flexibility index (Phi) is 5.56. The highest BCUT2D eigenvalue weighted by molar-refractivity contribution is 7.89. The third-order valence-electron chi connectivity index (χ3n) is 3.20. The minimum atomic E-state index is -3.13. The van der Waals surface area contributed by atoms with Gasteiger partial charge in [0.1, 0.15) is 6.61 Å². The van der Waals surface area contributed by atoms with Gasteiger partial charge in [-0.15, -0.1) is 0 Å². The molecule has 0 aliphatic carbocycles. The van der Waals surface area contributed by atoms with Gasteiger partial charge >= 0.3 is 5.97 Å². The van der Waals surface area contributed by atoms with Crippen molar-refractivity contribution < 1.29 is 27.1 Å². The molecule has 128 valence electrons. The fourth-order valence-corrected chi connectivity index (χ4v) is 2.87. The molecule has 0 fully saturated rings. The molecule has 0 aliphatic heterocycles. The van der Waals surface area contributed by atoms with Crippen LogP contribution in [0.4, 0.5) is 4.39 Å². The first kappa shape index (κ1) is 17.9. The summed E-state index contributed by atoms with van der Waals surface area (Å²) in [6.45, 7) is -0.0785. The zero-order chi connectivity index (χ0) is 17.7. The lowest BCUT2D eigenvalue weighted by atomic mass is 10.1. The van der Waals surface area contributed by atoms with Gasteiger partial charge in [0, 0.05) is 6.26 Å². The maximum Gasteiger partial charge on any atom is 0.338 e. The molecule has 0 saturated heterocycles. The summed E-state index contributed by atoms with van der Waals surface area (Å²) in [6, 6.07) is 10.4. The highest BCUT2D eigenvalue weighted by atomic mass is 32.2. The van der Waals surface area contributed by atoms with Crippen LogP contribution in [-0.4, -0.2) is 27.8 Å². The van der Waals surface area contributed by atoms with Crippen molar-refractivity contribution in [2.45, 2.75) is 12.4 Å². The van der Waals surface area contributed by atoms with Gasteiger partial charge in [0.05, 0.1) is 18.4 Å². The molecule has 0 N–H and O–H groups in total. The summed E-state index contributed by atoms with van der Waals surface area (Å²) in [4.78, 5) is 12.0. The van der Waals surface area contributed by atoms with Crippen molar-refractivity contribution in [2.24, 2.45) is 0 Å². The van der Waals surface area contributed by atoms with Gasteiger partial charge < -0.3 is 9.47 Å². The monoisotopic (exact) mass is 352 g/mol. The van der Waals surface area contributed by atoms with Gasteiger partial charge in [-0.3, -0.25) is 0 Å². The quantitative estimate of drug-likeness (QED) is 0.748.